The van der Waals surface area contributed by atoms with Crippen molar-refractivity contribution in [3.63, 3.8) is 0 Å². The van der Waals surface area contributed by atoms with E-state index in [0.29, 0.717) is 24.4 Å². The first-order valence-electron chi connectivity index (χ1n) is 6.65. The van der Waals surface area contributed by atoms with E-state index in [1.54, 1.807) is 18.7 Å². The Kier molecular flexibility index (Phi) is 4.16. The van der Waals surface area contributed by atoms with Gasteiger partial charge in [0.2, 0.25) is 5.91 Å². The molecule has 0 aliphatic heterocycles. The fourth-order valence-corrected chi connectivity index (χ4v) is 2.56. The Bertz CT molecular complexity index is 704. The van der Waals surface area contributed by atoms with Crippen molar-refractivity contribution in [3.8, 4) is 5.75 Å². The van der Waals surface area contributed by atoms with Crippen molar-refractivity contribution in [1.82, 2.24) is 9.88 Å². The van der Waals surface area contributed by atoms with Crippen molar-refractivity contribution in [2.45, 2.75) is 13.3 Å². The van der Waals surface area contributed by atoms with Crippen LogP contribution in [0.1, 0.15) is 23.0 Å². The summed E-state index contributed by atoms with van der Waals surface area (Å²) in [7, 11) is 3.40. The third-order valence-electron chi connectivity index (χ3n) is 3.49. The smallest absolute Gasteiger partial charge is 0.265 e. The summed E-state index contributed by atoms with van der Waals surface area (Å²) in [5.41, 5.74) is 7.70. The highest BCUT2D eigenvalue weighted by atomic mass is 16.5. The van der Waals surface area contributed by atoms with Gasteiger partial charge in [-0.1, -0.05) is 0 Å². The number of benzene rings is 1. The number of hydrogen-bond acceptors (Lipinski definition) is 3. The first kappa shape index (κ1) is 14.9. The zero-order valence-electron chi connectivity index (χ0n) is 12.4. The van der Waals surface area contributed by atoms with Crippen LogP contribution in [0.5, 0.6) is 5.75 Å². The van der Waals surface area contributed by atoms with Gasteiger partial charge in [0, 0.05) is 31.4 Å². The highest BCUT2D eigenvalue weighted by Gasteiger charge is 2.19. The number of fused-ring (bicyclic) bond motifs is 1. The summed E-state index contributed by atoms with van der Waals surface area (Å²) in [6.07, 6.45) is 0.530. The molecular formula is C15H19N3O3. The molecule has 112 valence electrons. The van der Waals surface area contributed by atoms with Crippen molar-refractivity contribution in [2.24, 2.45) is 12.8 Å². The van der Waals surface area contributed by atoms with Gasteiger partial charge in [-0.05, 0) is 30.2 Å². The maximum absolute atomic E-state index is 11.7. The molecule has 2 rings (SSSR count). The quantitative estimate of drug-likeness (QED) is 0.859. The topological polar surface area (TPSA) is 86.3 Å². The second-order valence-corrected chi connectivity index (χ2v) is 4.87. The van der Waals surface area contributed by atoms with Gasteiger partial charge in [0.15, 0.2) is 0 Å². The van der Waals surface area contributed by atoms with Crippen LogP contribution in [-0.4, -0.2) is 30.0 Å². The van der Waals surface area contributed by atoms with E-state index in [-0.39, 0.29) is 5.91 Å². The Morgan fingerprint density at radius 1 is 1.38 bits per heavy atom. The Balaban J connectivity index is 2.54. The molecule has 6 nitrogen and oxygen atoms in total. The van der Waals surface area contributed by atoms with Crippen molar-refractivity contribution in [2.75, 3.05) is 13.7 Å². The lowest BCUT2D eigenvalue weighted by Crippen LogP contribution is -2.24. The van der Waals surface area contributed by atoms with Gasteiger partial charge in [0.1, 0.15) is 11.4 Å². The molecule has 0 saturated carbocycles. The van der Waals surface area contributed by atoms with E-state index in [1.807, 2.05) is 18.2 Å². The number of amides is 2. The number of ether oxygens (including phenoxy) is 1. The molecule has 3 N–H and O–H groups in total. The second-order valence-electron chi connectivity index (χ2n) is 4.87. The van der Waals surface area contributed by atoms with Crippen molar-refractivity contribution >= 4 is 22.7 Å². The van der Waals surface area contributed by atoms with Crippen LogP contribution in [0.25, 0.3) is 10.9 Å². The SMILES string of the molecule is COc1ccc2c(c1)c(CCNC(C)=O)c(C(N)=O)n2C. The summed E-state index contributed by atoms with van der Waals surface area (Å²) >= 11 is 0. The summed E-state index contributed by atoms with van der Waals surface area (Å²) in [5.74, 6) is 0.129. The predicted octanol–water partition coefficient (Wildman–Crippen LogP) is 0.964. The molecule has 0 atom stereocenters. The highest BCUT2D eigenvalue weighted by Crippen LogP contribution is 2.29. The lowest BCUT2D eigenvalue weighted by Gasteiger charge is -2.05. The van der Waals surface area contributed by atoms with Gasteiger partial charge in [-0.25, -0.2) is 0 Å². The number of hydrogen-bond donors (Lipinski definition) is 2. The van der Waals surface area contributed by atoms with Crippen LogP contribution < -0.4 is 15.8 Å². The van der Waals surface area contributed by atoms with E-state index in [9.17, 15) is 9.59 Å². The van der Waals surface area contributed by atoms with E-state index < -0.39 is 5.91 Å². The van der Waals surface area contributed by atoms with Gasteiger partial charge in [-0.15, -0.1) is 0 Å². The minimum absolute atomic E-state index is 0.103. The summed E-state index contributed by atoms with van der Waals surface area (Å²) in [4.78, 5) is 22.7. The lowest BCUT2D eigenvalue weighted by molar-refractivity contribution is -0.118. The normalized spacial score (nSPS) is 10.6. The minimum atomic E-state index is -0.481. The molecule has 0 aliphatic carbocycles. The number of nitrogens with one attached hydrogen (secondary N) is 1. The van der Waals surface area contributed by atoms with E-state index in [4.69, 9.17) is 10.5 Å². The van der Waals surface area contributed by atoms with Crippen LogP contribution in [0.3, 0.4) is 0 Å². The summed E-state index contributed by atoms with van der Waals surface area (Å²) in [6, 6.07) is 5.61. The zero-order chi connectivity index (χ0) is 15.6. The molecule has 1 aromatic heterocycles. The van der Waals surface area contributed by atoms with Crippen LogP contribution in [0.2, 0.25) is 0 Å². The van der Waals surface area contributed by atoms with Gasteiger partial charge in [0.05, 0.1) is 7.11 Å². The molecule has 1 heterocycles. The van der Waals surface area contributed by atoms with Crippen LogP contribution in [0.15, 0.2) is 18.2 Å². The monoisotopic (exact) mass is 289 g/mol. The van der Waals surface area contributed by atoms with Gasteiger partial charge < -0.3 is 20.4 Å². The highest BCUT2D eigenvalue weighted by molar-refractivity contribution is 6.01. The maximum Gasteiger partial charge on any atom is 0.265 e. The van der Waals surface area contributed by atoms with Crippen molar-refractivity contribution in [3.05, 3.63) is 29.5 Å². The average molecular weight is 289 g/mol. The Morgan fingerprint density at radius 3 is 2.67 bits per heavy atom. The summed E-state index contributed by atoms with van der Waals surface area (Å²) < 4.78 is 7.01. The number of nitrogens with zero attached hydrogens (tertiary/aromatic N) is 1. The number of carbonyl (C=O) groups is 2. The standard InChI is InChI=1S/C15H19N3O3/c1-9(19)17-7-6-11-12-8-10(21-3)4-5-13(12)18(2)14(11)15(16)20/h4-5,8H,6-7H2,1-3H3,(H2,16,20)(H,17,19). The summed E-state index contributed by atoms with van der Waals surface area (Å²) in [6.45, 7) is 1.91. The molecule has 6 heteroatoms. The number of primary amides is 1. The molecule has 0 aliphatic rings. The van der Waals surface area contributed by atoms with Gasteiger partial charge in [-0.3, -0.25) is 9.59 Å². The fraction of sp³-hybridized carbons (Fsp3) is 0.333. The molecule has 2 aromatic rings. The molecule has 1 aromatic carbocycles. The largest absolute Gasteiger partial charge is 0.497 e. The van der Waals surface area contributed by atoms with Crippen LogP contribution in [0, 0.1) is 0 Å². The molecule has 2 amide bonds. The molecule has 0 unspecified atom stereocenters. The average Bonchev–Trinajstić information content (AvgIpc) is 2.71. The number of nitrogens with two attached hydrogens (primary N) is 1. The van der Waals surface area contributed by atoms with E-state index >= 15 is 0 Å². The van der Waals surface area contributed by atoms with Crippen LogP contribution >= 0.6 is 0 Å². The number of aromatic nitrogens is 1. The van der Waals surface area contributed by atoms with Crippen molar-refractivity contribution in [1.29, 1.82) is 0 Å². The van der Waals surface area contributed by atoms with Gasteiger partial charge >= 0.3 is 0 Å². The van der Waals surface area contributed by atoms with Gasteiger partial charge in [0.25, 0.3) is 5.91 Å². The van der Waals surface area contributed by atoms with E-state index in [2.05, 4.69) is 5.32 Å². The first-order valence-corrected chi connectivity index (χ1v) is 6.65. The van der Waals surface area contributed by atoms with Crippen LogP contribution in [-0.2, 0) is 18.3 Å². The number of aryl methyl sites for hydroxylation is 1. The Hall–Kier alpha value is -2.50. The molecule has 0 radical (unpaired) electrons. The molecule has 0 fully saturated rings. The number of methoxy groups -OCH3 is 1. The first-order chi connectivity index (χ1) is 9.95. The van der Waals surface area contributed by atoms with Crippen LogP contribution in [0.4, 0.5) is 0 Å². The Morgan fingerprint density at radius 2 is 2.10 bits per heavy atom. The number of carbonyl (C=O) groups excluding carboxylic acids is 2. The molecular weight excluding hydrogens is 270 g/mol. The van der Waals surface area contributed by atoms with Crippen molar-refractivity contribution < 1.29 is 14.3 Å². The molecule has 0 bridgehead atoms. The third-order valence-corrected chi connectivity index (χ3v) is 3.49. The Labute approximate surface area is 122 Å². The molecule has 21 heavy (non-hydrogen) atoms. The number of rotatable bonds is 5. The van der Waals surface area contributed by atoms with E-state index in [1.165, 1.54) is 6.92 Å². The van der Waals surface area contributed by atoms with E-state index in [0.717, 1.165) is 16.5 Å². The third kappa shape index (κ3) is 2.84. The zero-order valence-corrected chi connectivity index (χ0v) is 12.4. The second kappa shape index (κ2) is 5.87. The summed E-state index contributed by atoms with van der Waals surface area (Å²) in [5, 5.41) is 3.64. The lowest BCUT2D eigenvalue weighted by atomic mass is 10.1. The fourth-order valence-electron chi connectivity index (χ4n) is 2.56. The minimum Gasteiger partial charge on any atom is -0.497 e. The maximum atomic E-state index is 11.7. The molecule has 0 spiro atoms. The molecule has 0 saturated heterocycles. The van der Waals surface area contributed by atoms with Gasteiger partial charge in [-0.2, -0.15) is 0 Å². The predicted molar refractivity (Wildman–Crippen MR) is 80.4 cm³/mol.